The van der Waals surface area contributed by atoms with Gasteiger partial charge in [-0.2, -0.15) is 0 Å². The van der Waals surface area contributed by atoms with Crippen LogP contribution in [-0.2, 0) is 28.5 Å². The van der Waals surface area contributed by atoms with Crippen molar-refractivity contribution >= 4 is 5.78 Å². The van der Waals surface area contributed by atoms with Crippen molar-refractivity contribution in [1.29, 1.82) is 0 Å². The van der Waals surface area contributed by atoms with Crippen LogP contribution in [0, 0.1) is 5.92 Å². The molecule has 0 radical (unpaired) electrons. The largest absolute Gasteiger partial charge is 0.492 e. The summed E-state index contributed by atoms with van der Waals surface area (Å²) in [6.07, 6.45) is 1.21. The van der Waals surface area contributed by atoms with Gasteiger partial charge in [-0.1, -0.05) is 6.08 Å². The first kappa shape index (κ1) is 18.7. The molecular formula is C16H26O6. The molecule has 0 amide bonds. The molecule has 0 fully saturated rings. The van der Waals surface area contributed by atoms with Gasteiger partial charge in [0.15, 0.2) is 0 Å². The van der Waals surface area contributed by atoms with E-state index in [1.165, 1.54) is 28.4 Å². The maximum atomic E-state index is 12.7. The van der Waals surface area contributed by atoms with E-state index in [1.54, 1.807) is 6.08 Å². The van der Waals surface area contributed by atoms with Gasteiger partial charge in [0, 0.05) is 14.2 Å². The Balaban J connectivity index is 3.58. The van der Waals surface area contributed by atoms with Crippen molar-refractivity contribution < 1.29 is 28.5 Å². The molecule has 1 rings (SSSR count). The molecule has 1 aliphatic carbocycles. The highest BCUT2D eigenvalue weighted by molar-refractivity contribution is 5.98. The third-order valence-corrected chi connectivity index (χ3v) is 3.62. The van der Waals surface area contributed by atoms with Crippen LogP contribution in [0.4, 0.5) is 0 Å². The van der Waals surface area contributed by atoms with E-state index < -0.39 is 17.8 Å². The van der Waals surface area contributed by atoms with Gasteiger partial charge in [0.1, 0.15) is 6.10 Å². The van der Waals surface area contributed by atoms with Gasteiger partial charge in [-0.25, -0.2) is 0 Å². The Morgan fingerprint density at radius 1 is 1.23 bits per heavy atom. The number of rotatable bonds is 8. The highest BCUT2D eigenvalue weighted by Gasteiger charge is 2.58. The summed E-state index contributed by atoms with van der Waals surface area (Å²) in [5.41, 5.74) is 0. The van der Waals surface area contributed by atoms with Crippen molar-refractivity contribution in [1.82, 2.24) is 0 Å². The van der Waals surface area contributed by atoms with Crippen molar-refractivity contribution in [2.24, 2.45) is 5.92 Å². The molecule has 0 saturated carbocycles. The molecule has 3 atom stereocenters. The van der Waals surface area contributed by atoms with E-state index in [0.29, 0.717) is 6.42 Å². The Kier molecular flexibility index (Phi) is 6.59. The zero-order chi connectivity index (χ0) is 16.9. The lowest BCUT2D eigenvalue weighted by molar-refractivity contribution is -0.295. The van der Waals surface area contributed by atoms with Crippen molar-refractivity contribution in [3.8, 4) is 0 Å². The molecule has 3 unspecified atom stereocenters. The summed E-state index contributed by atoms with van der Waals surface area (Å²) in [7, 11) is 5.86. The van der Waals surface area contributed by atoms with Crippen LogP contribution in [0.1, 0.15) is 20.3 Å². The molecule has 0 aromatic heterocycles. The van der Waals surface area contributed by atoms with E-state index >= 15 is 0 Å². The van der Waals surface area contributed by atoms with E-state index in [-0.39, 0.29) is 23.4 Å². The van der Waals surface area contributed by atoms with Gasteiger partial charge < -0.3 is 23.7 Å². The monoisotopic (exact) mass is 314 g/mol. The second-order valence-electron chi connectivity index (χ2n) is 5.26. The van der Waals surface area contributed by atoms with Crippen LogP contribution >= 0.6 is 0 Å². The second-order valence-corrected chi connectivity index (χ2v) is 5.26. The van der Waals surface area contributed by atoms with Crippen LogP contribution in [0.3, 0.4) is 0 Å². The zero-order valence-electron chi connectivity index (χ0n) is 14.2. The second kappa shape index (κ2) is 7.76. The summed E-state index contributed by atoms with van der Waals surface area (Å²) in [6.45, 7) is 7.44. The van der Waals surface area contributed by atoms with Gasteiger partial charge >= 0.3 is 0 Å². The highest BCUT2D eigenvalue weighted by atomic mass is 16.7. The van der Waals surface area contributed by atoms with Crippen molar-refractivity contribution in [3.63, 3.8) is 0 Å². The van der Waals surface area contributed by atoms with E-state index in [2.05, 4.69) is 6.58 Å². The maximum Gasteiger partial charge on any atom is 0.259 e. The molecule has 0 bridgehead atoms. The molecule has 0 aliphatic heterocycles. The summed E-state index contributed by atoms with van der Waals surface area (Å²) in [6, 6.07) is 0. The number of carbonyl (C=O) groups excluding carboxylic acids is 1. The zero-order valence-corrected chi connectivity index (χ0v) is 14.2. The third-order valence-electron chi connectivity index (χ3n) is 3.62. The van der Waals surface area contributed by atoms with Crippen LogP contribution in [0.25, 0.3) is 0 Å². The summed E-state index contributed by atoms with van der Waals surface area (Å²) in [5, 5.41) is 0. The number of ketones is 1. The minimum absolute atomic E-state index is 0.0881. The molecule has 6 heteroatoms. The van der Waals surface area contributed by atoms with Crippen LogP contribution in [0.5, 0.6) is 0 Å². The van der Waals surface area contributed by atoms with E-state index in [0.717, 1.165) is 0 Å². The highest BCUT2D eigenvalue weighted by Crippen LogP contribution is 2.42. The van der Waals surface area contributed by atoms with E-state index in [9.17, 15) is 4.79 Å². The summed E-state index contributed by atoms with van der Waals surface area (Å²) >= 11 is 0. The molecule has 0 heterocycles. The first-order valence-electron chi connectivity index (χ1n) is 7.17. The number of carbonyl (C=O) groups is 1. The average Bonchev–Trinajstić information content (AvgIpc) is 2.49. The quantitative estimate of drug-likeness (QED) is 0.505. The molecular weight excluding hydrogens is 288 g/mol. The lowest BCUT2D eigenvalue weighted by Gasteiger charge is -2.45. The first-order valence-corrected chi connectivity index (χ1v) is 7.17. The summed E-state index contributed by atoms with van der Waals surface area (Å²) < 4.78 is 27.9. The predicted octanol–water partition coefficient (Wildman–Crippen LogP) is 2.05. The fraction of sp³-hybridized carbons (Fsp3) is 0.688. The predicted molar refractivity (Wildman–Crippen MR) is 81.1 cm³/mol. The van der Waals surface area contributed by atoms with Crippen molar-refractivity contribution in [2.45, 2.75) is 38.3 Å². The summed E-state index contributed by atoms with van der Waals surface area (Å²) in [4.78, 5) is 12.7. The Morgan fingerprint density at radius 3 is 2.23 bits per heavy atom. The Bertz CT molecular complexity index is 442. The summed E-state index contributed by atoms with van der Waals surface area (Å²) in [5.74, 6) is -1.83. The smallest absolute Gasteiger partial charge is 0.259 e. The fourth-order valence-corrected chi connectivity index (χ4v) is 2.86. The van der Waals surface area contributed by atoms with Gasteiger partial charge in [0.2, 0.25) is 17.3 Å². The molecule has 1 aliphatic rings. The van der Waals surface area contributed by atoms with Gasteiger partial charge in [-0.3, -0.25) is 4.79 Å². The maximum absolute atomic E-state index is 12.7. The van der Waals surface area contributed by atoms with Gasteiger partial charge in [0.05, 0.1) is 26.2 Å². The lowest BCUT2D eigenvalue weighted by Crippen LogP contribution is -2.59. The Labute approximate surface area is 132 Å². The number of hydrogen-bond acceptors (Lipinski definition) is 6. The Hall–Kier alpha value is -1.37. The van der Waals surface area contributed by atoms with Crippen LogP contribution in [-0.4, -0.2) is 52.2 Å². The number of hydrogen-bond donors (Lipinski definition) is 0. The van der Waals surface area contributed by atoms with Crippen molar-refractivity contribution in [2.75, 3.05) is 28.4 Å². The topological polar surface area (TPSA) is 63.2 Å². The SMILES string of the molecule is C=CCC1C(=O)C(OC)=C(OC)C(OC)(OC(C)C)C1OC. The number of Topliss-reactive ketones (excluding diaryl/α,β-unsaturated/α-hetero) is 1. The van der Waals surface area contributed by atoms with Crippen LogP contribution < -0.4 is 0 Å². The lowest BCUT2D eigenvalue weighted by atomic mass is 9.80. The number of allylic oxidation sites excluding steroid dienone is 2. The van der Waals surface area contributed by atoms with Crippen molar-refractivity contribution in [3.05, 3.63) is 24.2 Å². The molecule has 0 aromatic rings. The molecule has 126 valence electrons. The molecule has 0 aromatic carbocycles. The van der Waals surface area contributed by atoms with Gasteiger partial charge in [-0.05, 0) is 20.3 Å². The normalized spacial score (nSPS) is 29.0. The van der Waals surface area contributed by atoms with Gasteiger partial charge in [-0.15, -0.1) is 6.58 Å². The van der Waals surface area contributed by atoms with E-state index in [4.69, 9.17) is 23.7 Å². The minimum atomic E-state index is -1.36. The fourth-order valence-electron chi connectivity index (χ4n) is 2.86. The molecule has 6 nitrogen and oxygen atoms in total. The average molecular weight is 314 g/mol. The molecule has 0 N–H and O–H groups in total. The number of ether oxygens (including phenoxy) is 5. The molecule has 22 heavy (non-hydrogen) atoms. The third kappa shape index (κ3) is 3.04. The van der Waals surface area contributed by atoms with Crippen LogP contribution in [0.15, 0.2) is 24.2 Å². The van der Waals surface area contributed by atoms with Crippen LogP contribution in [0.2, 0.25) is 0 Å². The number of methoxy groups -OCH3 is 4. The van der Waals surface area contributed by atoms with Gasteiger partial charge in [0.25, 0.3) is 5.79 Å². The molecule has 0 spiro atoms. The standard InChI is InChI=1S/C16H26O6/c1-8-9-11-12(17)13(18-4)15(20-6)16(21-7,14(11)19-5)22-10(2)3/h8,10-11,14H,1,9H2,2-7H3. The Morgan fingerprint density at radius 2 is 1.86 bits per heavy atom. The molecule has 0 saturated heterocycles. The first-order chi connectivity index (χ1) is 10.4. The minimum Gasteiger partial charge on any atom is -0.492 e. The van der Waals surface area contributed by atoms with E-state index in [1.807, 2.05) is 13.8 Å².